The molecule has 0 atom stereocenters. The van der Waals surface area contributed by atoms with Crippen LogP contribution in [0.1, 0.15) is 20.9 Å². The molecular formula is C14H16N2O2S. The van der Waals surface area contributed by atoms with Crippen molar-refractivity contribution in [2.75, 3.05) is 19.1 Å². The van der Waals surface area contributed by atoms with Gasteiger partial charge in [0.25, 0.3) is 0 Å². The summed E-state index contributed by atoms with van der Waals surface area (Å²) in [5, 5.41) is 0.784. The van der Waals surface area contributed by atoms with E-state index in [4.69, 9.17) is 4.74 Å². The summed E-state index contributed by atoms with van der Waals surface area (Å²) >= 11 is 1.34. The second-order valence-electron chi connectivity index (χ2n) is 4.25. The van der Waals surface area contributed by atoms with Crippen molar-refractivity contribution in [1.82, 2.24) is 4.98 Å². The monoisotopic (exact) mass is 276 g/mol. The van der Waals surface area contributed by atoms with E-state index in [1.165, 1.54) is 18.4 Å². The van der Waals surface area contributed by atoms with E-state index in [1.807, 2.05) is 50.1 Å². The van der Waals surface area contributed by atoms with Gasteiger partial charge < -0.3 is 9.64 Å². The fourth-order valence-corrected chi connectivity index (χ4v) is 2.81. The van der Waals surface area contributed by atoms with Gasteiger partial charge in [0.2, 0.25) is 0 Å². The average Bonchev–Trinajstić information content (AvgIpc) is 2.80. The minimum Gasteiger partial charge on any atom is -0.465 e. The van der Waals surface area contributed by atoms with Gasteiger partial charge in [-0.3, -0.25) is 0 Å². The largest absolute Gasteiger partial charge is 0.465 e. The number of aromatic nitrogens is 1. The fourth-order valence-electron chi connectivity index (χ4n) is 1.85. The van der Waals surface area contributed by atoms with Gasteiger partial charge in [-0.2, -0.15) is 0 Å². The predicted octanol–water partition coefficient (Wildman–Crippen LogP) is 3.31. The van der Waals surface area contributed by atoms with Crippen LogP contribution in [0.15, 0.2) is 24.3 Å². The van der Waals surface area contributed by atoms with Crippen molar-refractivity contribution < 1.29 is 9.53 Å². The number of para-hydroxylation sites is 1. The Morgan fingerprint density at radius 1 is 1.32 bits per heavy atom. The van der Waals surface area contributed by atoms with Crippen molar-refractivity contribution >= 4 is 28.1 Å². The number of anilines is 2. The van der Waals surface area contributed by atoms with E-state index >= 15 is 0 Å². The number of carbonyl (C=O) groups excluding carboxylic acids is 1. The van der Waals surface area contributed by atoms with Crippen LogP contribution in [0.2, 0.25) is 0 Å². The van der Waals surface area contributed by atoms with Gasteiger partial charge in [0.05, 0.1) is 12.8 Å². The Kier molecular flexibility index (Phi) is 3.85. The molecule has 0 amide bonds. The van der Waals surface area contributed by atoms with E-state index in [0.29, 0.717) is 10.6 Å². The Balaban J connectivity index is 2.38. The predicted molar refractivity (Wildman–Crippen MR) is 77.4 cm³/mol. The molecule has 2 rings (SSSR count). The van der Waals surface area contributed by atoms with Crippen LogP contribution >= 0.6 is 11.3 Å². The van der Waals surface area contributed by atoms with Gasteiger partial charge in [-0.25, -0.2) is 9.78 Å². The molecular weight excluding hydrogens is 260 g/mol. The Labute approximate surface area is 116 Å². The Bertz CT molecular complexity index is 607. The highest BCUT2D eigenvalue weighted by Gasteiger charge is 2.18. The molecule has 0 fully saturated rings. The Hall–Kier alpha value is -1.88. The van der Waals surface area contributed by atoms with Crippen LogP contribution in [0.4, 0.5) is 10.8 Å². The highest BCUT2D eigenvalue weighted by atomic mass is 32.1. The molecule has 5 heteroatoms. The lowest BCUT2D eigenvalue weighted by atomic mass is 10.2. The number of esters is 1. The molecule has 0 aliphatic heterocycles. The van der Waals surface area contributed by atoms with Crippen molar-refractivity contribution in [2.45, 2.75) is 13.8 Å². The smallest absolute Gasteiger partial charge is 0.350 e. The van der Waals surface area contributed by atoms with E-state index in [-0.39, 0.29) is 5.97 Å². The maximum absolute atomic E-state index is 11.6. The van der Waals surface area contributed by atoms with E-state index in [2.05, 4.69) is 4.98 Å². The first-order chi connectivity index (χ1) is 9.04. The summed E-state index contributed by atoms with van der Waals surface area (Å²) in [6.45, 7) is 3.87. The zero-order valence-electron chi connectivity index (χ0n) is 11.4. The first-order valence-electron chi connectivity index (χ1n) is 5.89. The summed E-state index contributed by atoms with van der Waals surface area (Å²) in [7, 11) is 3.33. The van der Waals surface area contributed by atoms with Crippen LogP contribution in [0, 0.1) is 13.8 Å². The topological polar surface area (TPSA) is 42.4 Å². The molecule has 0 spiro atoms. The number of hydrogen-bond acceptors (Lipinski definition) is 5. The lowest BCUT2D eigenvalue weighted by Crippen LogP contribution is -2.10. The third-order valence-electron chi connectivity index (χ3n) is 2.92. The SMILES string of the molecule is COC(=O)c1sc(N(C)c2ccccc2C)nc1C. The highest BCUT2D eigenvalue weighted by molar-refractivity contribution is 7.17. The van der Waals surface area contributed by atoms with Gasteiger partial charge in [-0.15, -0.1) is 0 Å². The number of benzene rings is 1. The molecule has 2 aromatic rings. The molecule has 1 aromatic heterocycles. The number of rotatable bonds is 3. The number of nitrogens with zero attached hydrogens (tertiary/aromatic N) is 2. The van der Waals surface area contributed by atoms with Gasteiger partial charge in [-0.1, -0.05) is 29.5 Å². The number of ether oxygens (including phenoxy) is 1. The van der Waals surface area contributed by atoms with Crippen molar-refractivity contribution in [2.24, 2.45) is 0 Å². The number of hydrogen-bond donors (Lipinski definition) is 0. The minimum atomic E-state index is -0.334. The molecule has 0 N–H and O–H groups in total. The fraction of sp³-hybridized carbons (Fsp3) is 0.286. The molecule has 0 aliphatic rings. The molecule has 0 bridgehead atoms. The van der Waals surface area contributed by atoms with E-state index in [0.717, 1.165) is 16.4 Å². The number of carbonyl (C=O) groups is 1. The summed E-state index contributed by atoms with van der Waals surface area (Å²) in [4.78, 5) is 18.6. The van der Waals surface area contributed by atoms with E-state index in [1.54, 1.807) is 0 Å². The molecule has 0 unspecified atom stereocenters. The first kappa shape index (κ1) is 13.5. The molecule has 0 aliphatic carbocycles. The third-order valence-corrected chi connectivity index (χ3v) is 4.13. The molecule has 100 valence electrons. The van der Waals surface area contributed by atoms with Crippen LogP contribution in [-0.4, -0.2) is 25.1 Å². The van der Waals surface area contributed by atoms with E-state index < -0.39 is 0 Å². The van der Waals surface area contributed by atoms with Crippen molar-refractivity contribution in [1.29, 1.82) is 0 Å². The van der Waals surface area contributed by atoms with E-state index in [9.17, 15) is 4.79 Å². The maximum Gasteiger partial charge on any atom is 0.350 e. The molecule has 1 aromatic carbocycles. The number of methoxy groups -OCH3 is 1. The normalized spacial score (nSPS) is 10.3. The Morgan fingerprint density at radius 2 is 2.00 bits per heavy atom. The first-order valence-corrected chi connectivity index (χ1v) is 6.71. The van der Waals surface area contributed by atoms with Crippen LogP contribution in [-0.2, 0) is 4.74 Å². The summed E-state index contributed by atoms with van der Waals surface area (Å²) in [5.41, 5.74) is 2.94. The number of thiazole rings is 1. The highest BCUT2D eigenvalue weighted by Crippen LogP contribution is 2.32. The van der Waals surface area contributed by atoms with Gasteiger partial charge >= 0.3 is 5.97 Å². The summed E-state index contributed by atoms with van der Waals surface area (Å²) < 4.78 is 4.75. The zero-order chi connectivity index (χ0) is 14.0. The second kappa shape index (κ2) is 5.40. The van der Waals surface area contributed by atoms with Crippen LogP contribution in [0.3, 0.4) is 0 Å². The van der Waals surface area contributed by atoms with Gasteiger partial charge in [-0.05, 0) is 25.5 Å². The standard InChI is InChI=1S/C14H16N2O2S/c1-9-7-5-6-8-11(9)16(3)14-15-10(2)12(19-14)13(17)18-4/h5-8H,1-4H3. The van der Waals surface area contributed by atoms with Gasteiger partial charge in [0.1, 0.15) is 4.88 Å². The van der Waals surface area contributed by atoms with Crippen molar-refractivity contribution in [3.8, 4) is 0 Å². The van der Waals surface area contributed by atoms with Crippen LogP contribution in [0.5, 0.6) is 0 Å². The average molecular weight is 276 g/mol. The quantitative estimate of drug-likeness (QED) is 0.807. The zero-order valence-corrected chi connectivity index (χ0v) is 12.2. The van der Waals surface area contributed by atoms with Gasteiger partial charge in [0.15, 0.2) is 5.13 Å². The second-order valence-corrected chi connectivity index (χ2v) is 5.23. The summed E-state index contributed by atoms with van der Waals surface area (Å²) in [6.07, 6.45) is 0. The molecule has 0 saturated heterocycles. The molecule has 19 heavy (non-hydrogen) atoms. The van der Waals surface area contributed by atoms with Crippen molar-refractivity contribution in [3.05, 3.63) is 40.4 Å². The molecule has 4 nitrogen and oxygen atoms in total. The van der Waals surface area contributed by atoms with Crippen molar-refractivity contribution in [3.63, 3.8) is 0 Å². The maximum atomic E-state index is 11.6. The molecule has 1 heterocycles. The summed E-state index contributed by atoms with van der Waals surface area (Å²) in [6, 6.07) is 8.07. The lowest BCUT2D eigenvalue weighted by molar-refractivity contribution is 0.0605. The summed E-state index contributed by atoms with van der Waals surface area (Å²) in [5.74, 6) is -0.334. The van der Waals surface area contributed by atoms with Gasteiger partial charge in [0, 0.05) is 12.7 Å². The Morgan fingerprint density at radius 3 is 2.63 bits per heavy atom. The van der Waals surface area contributed by atoms with Crippen LogP contribution < -0.4 is 4.90 Å². The third kappa shape index (κ3) is 2.61. The van der Waals surface area contributed by atoms with Crippen LogP contribution in [0.25, 0.3) is 0 Å². The number of aryl methyl sites for hydroxylation is 2. The lowest BCUT2D eigenvalue weighted by Gasteiger charge is -2.17. The minimum absolute atomic E-state index is 0.334. The molecule has 0 saturated carbocycles. The molecule has 0 radical (unpaired) electrons.